The van der Waals surface area contributed by atoms with Crippen LogP contribution < -0.4 is 0 Å². The Balaban J connectivity index is 1.62. The van der Waals surface area contributed by atoms with Gasteiger partial charge in [-0.15, -0.1) is 0 Å². The van der Waals surface area contributed by atoms with E-state index in [4.69, 9.17) is 8.94 Å². The Kier molecular flexibility index (Phi) is 2.89. The molecule has 0 aliphatic carbocycles. The number of benzene rings is 2. The fourth-order valence-corrected chi connectivity index (χ4v) is 2.88. The summed E-state index contributed by atoms with van der Waals surface area (Å²) in [5.74, 6) is 0.317. The van der Waals surface area contributed by atoms with Crippen molar-refractivity contribution < 1.29 is 13.9 Å². The number of nitrogens with zero attached hydrogens (tertiary/aromatic N) is 4. The van der Waals surface area contributed by atoms with E-state index in [1.165, 1.54) is 0 Å². The number of nitrogens with one attached hydrogen (secondary N) is 1. The number of aromatic amines is 1. The Morgan fingerprint density at radius 3 is 2.81 bits per heavy atom. The number of furan rings is 1. The van der Waals surface area contributed by atoms with E-state index >= 15 is 0 Å². The first-order valence-electron chi connectivity index (χ1n) is 7.64. The molecular weight excluding hydrogens is 338 g/mol. The first kappa shape index (κ1) is 14.3. The molecule has 0 saturated carbocycles. The normalized spacial score (nSPS) is 11.4. The molecule has 0 fully saturated rings. The molecule has 2 aromatic carbocycles. The van der Waals surface area contributed by atoms with Crippen LogP contribution in [0.5, 0.6) is 0 Å². The maximum absolute atomic E-state index is 11.0. The van der Waals surface area contributed by atoms with E-state index in [1.54, 1.807) is 6.07 Å². The van der Waals surface area contributed by atoms with Crippen molar-refractivity contribution in [2.24, 2.45) is 0 Å². The number of hydrogen-bond acceptors (Lipinski definition) is 7. The third kappa shape index (κ3) is 2.07. The van der Waals surface area contributed by atoms with Crippen LogP contribution in [0.1, 0.15) is 0 Å². The SMILES string of the molecule is O=[N+]([O-])c1cn[nH]c1-c1nc(-c2ccc3oc4ccccc4c3c2)no1. The second-order valence-electron chi connectivity index (χ2n) is 5.62. The largest absolute Gasteiger partial charge is 0.456 e. The average molecular weight is 347 g/mol. The molecule has 0 aliphatic rings. The smallest absolute Gasteiger partial charge is 0.319 e. The summed E-state index contributed by atoms with van der Waals surface area (Å²) in [4.78, 5) is 14.7. The number of aromatic nitrogens is 4. The molecule has 126 valence electrons. The first-order valence-corrected chi connectivity index (χ1v) is 7.64. The molecule has 9 nitrogen and oxygen atoms in total. The Morgan fingerprint density at radius 1 is 1.08 bits per heavy atom. The third-order valence-corrected chi connectivity index (χ3v) is 4.09. The summed E-state index contributed by atoms with van der Waals surface area (Å²) in [6.45, 7) is 0. The molecule has 5 aromatic rings. The van der Waals surface area contributed by atoms with E-state index in [0.717, 1.165) is 28.1 Å². The quantitative estimate of drug-likeness (QED) is 0.387. The molecule has 1 N–H and O–H groups in total. The second-order valence-corrected chi connectivity index (χ2v) is 5.62. The molecule has 3 heterocycles. The van der Waals surface area contributed by atoms with Gasteiger partial charge in [-0.25, -0.2) is 0 Å². The van der Waals surface area contributed by atoms with Crippen LogP contribution >= 0.6 is 0 Å². The van der Waals surface area contributed by atoms with E-state index < -0.39 is 4.92 Å². The highest BCUT2D eigenvalue weighted by Crippen LogP contribution is 2.32. The predicted octanol–water partition coefficient (Wildman–Crippen LogP) is 3.93. The topological polar surface area (TPSA) is 124 Å². The summed E-state index contributed by atoms with van der Waals surface area (Å²) >= 11 is 0. The molecule has 0 amide bonds. The number of hydrogen-bond donors (Lipinski definition) is 1. The van der Waals surface area contributed by atoms with Crippen molar-refractivity contribution in [2.45, 2.75) is 0 Å². The van der Waals surface area contributed by atoms with Crippen molar-refractivity contribution in [3.05, 3.63) is 58.8 Å². The summed E-state index contributed by atoms with van der Waals surface area (Å²) in [6, 6.07) is 13.3. The van der Waals surface area contributed by atoms with Gasteiger partial charge in [-0.3, -0.25) is 15.2 Å². The first-order chi connectivity index (χ1) is 12.7. The Morgan fingerprint density at radius 2 is 1.92 bits per heavy atom. The van der Waals surface area contributed by atoms with Gasteiger partial charge in [0, 0.05) is 16.3 Å². The molecular formula is C17H9N5O4. The molecule has 0 unspecified atom stereocenters. The minimum atomic E-state index is -0.563. The molecule has 0 aliphatic heterocycles. The minimum Gasteiger partial charge on any atom is -0.456 e. The number of rotatable bonds is 3. The number of nitro groups is 1. The second kappa shape index (κ2) is 5.24. The number of para-hydroxylation sites is 1. The van der Waals surface area contributed by atoms with E-state index in [9.17, 15) is 10.1 Å². The van der Waals surface area contributed by atoms with Gasteiger partial charge in [0.05, 0.1) is 4.92 Å². The van der Waals surface area contributed by atoms with Gasteiger partial charge in [-0.05, 0) is 24.3 Å². The van der Waals surface area contributed by atoms with Crippen molar-refractivity contribution in [3.63, 3.8) is 0 Å². The maximum atomic E-state index is 11.0. The van der Waals surface area contributed by atoms with Crippen LogP contribution in [0.25, 0.3) is 44.9 Å². The van der Waals surface area contributed by atoms with E-state index in [0.29, 0.717) is 11.4 Å². The highest BCUT2D eigenvalue weighted by atomic mass is 16.6. The van der Waals surface area contributed by atoms with Gasteiger partial charge in [0.2, 0.25) is 11.5 Å². The standard InChI is InChI=1S/C17H9N5O4/c23-22(24)12-8-18-20-15(12)17-19-16(21-26-17)9-5-6-14-11(7-9)10-3-1-2-4-13(10)25-14/h1-8H,(H,18,20). The van der Waals surface area contributed by atoms with Gasteiger partial charge in [-0.2, -0.15) is 10.1 Å². The van der Waals surface area contributed by atoms with Crippen molar-refractivity contribution in [3.8, 4) is 23.0 Å². The molecule has 0 atom stereocenters. The Labute approximate surface area is 144 Å². The zero-order chi connectivity index (χ0) is 17.7. The fourth-order valence-electron chi connectivity index (χ4n) is 2.88. The van der Waals surface area contributed by atoms with Crippen LogP contribution in [0.2, 0.25) is 0 Å². The van der Waals surface area contributed by atoms with Crippen molar-refractivity contribution >= 4 is 27.6 Å². The van der Waals surface area contributed by atoms with Crippen LogP contribution in [0.3, 0.4) is 0 Å². The lowest BCUT2D eigenvalue weighted by Gasteiger charge is -1.94. The van der Waals surface area contributed by atoms with Crippen LogP contribution in [0.15, 0.2) is 57.6 Å². The van der Waals surface area contributed by atoms with Crippen molar-refractivity contribution in [1.82, 2.24) is 20.3 Å². The van der Waals surface area contributed by atoms with Crippen LogP contribution in [0.4, 0.5) is 5.69 Å². The summed E-state index contributed by atoms with van der Waals surface area (Å²) in [5.41, 5.74) is 2.10. The molecule has 26 heavy (non-hydrogen) atoms. The zero-order valence-electron chi connectivity index (χ0n) is 13.0. The predicted molar refractivity (Wildman–Crippen MR) is 91.2 cm³/mol. The van der Waals surface area contributed by atoms with Crippen LogP contribution in [0, 0.1) is 10.1 Å². The maximum Gasteiger partial charge on any atom is 0.319 e. The van der Waals surface area contributed by atoms with Crippen molar-refractivity contribution in [1.29, 1.82) is 0 Å². The molecule has 0 bridgehead atoms. The molecule has 0 saturated heterocycles. The highest BCUT2D eigenvalue weighted by Gasteiger charge is 2.23. The van der Waals surface area contributed by atoms with Crippen molar-refractivity contribution in [2.75, 3.05) is 0 Å². The summed E-state index contributed by atoms with van der Waals surface area (Å²) in [7, 11) is 0. The van der Waals surface area contributed by atoms with Crippen LogP contribution in [-0.2, 0) is 0 Å². The van der Waals surface area contributed by atoms with Gasteiger partial charge < -0.3 is 8.94 Å². The Bertz CT molecular complexity index is 1280. The molecule has 0 radical (unpaired) electrons. The fraction of sp³-hybridized carbons (Fsp3) is 0. The van der Waals surface area contributed by atoms with Gasteiger partial charge in [0.15, 0.2) is 0 Å². The van der Waals surface area contributed by atoms with E-state index in [2.05, 4.69) is 20.3 Å². The lowest BCUT2D eigenvalue weighted by atomic mass is 10.1. The molecule has 0 spiro atoms. The van der Waals surface area contributed by atoms with Crippen LogP contribution in [-0.4, -0.2) is 25.3 Å². The average Bonchev–Trinajstić information content (AvgIpc) is 3.38. The molecule has 5 rings (SSSR count). The number of fused-ring (bicyclic) bond motifs is 3. The minimum absolute atomic E-state index is 0.00125. The molecule has 9 heteroatoms. The number of H-pyrrole nitrogens is 1. The van der Waals surface area contributed by atoms with E-state index in [1.807, 2.05) is 36.4 Å². The summed E-state index contributed by atoms with van der Waals surface area (Å²) in [6.07, 6.45) is 1.10. The van der Waals surface area contributed by atoms with Gasteiger partial charge in [-0.1, -0.05) is 23.4 Å². The highest BCUT2D eigenvalue weighted by molar-refractivity contribution is 6.06. The van der Waals surface area contributed by atoms with E-state index in [-0.39, 0.29) is 17.3 Å². The Hall–Kier alpha value is -4.01. The summed E-state index contributed by atoms with van der Waals surface area (Å²) < 4.78 is 11.0. The summed E-state index contributed by atoms with van der Waals surface area (Å²) in [5, 5.41) is 23.0. The lowest BCUT2D eigenvalue weighted by Crippen LogP contribution is -1.89. The molecule has 3 aromatic heterocycles. The van der Waals surface area contributed by atoms with Gasteiger partial charge in [0.1, 0.15) is 17.4 Å². The monoisotopic (exact) mass is 347 g/mol. The lowest BCUT2D eigenvalue weighted by molar-refractivity contribution is -0.384. The van der Waals surface area contributed by atoms with Gasteiger partial charge in [0.25, 0.3) is 5.89 Å². The van der Waals surface area contributed by atoms with Gasteiger partial charge >= 0.3 is 5.69 Å². The zero-order valence-corrected chi connectivity index (χ0v) is 13.0. The third-order valence-electron chi connectivity index (χ3n) is 4.09.